The summed E-state index contributed by atoms with van der Waals surface area (Å²) in [7, 11) is 0. The number of anilines is 1. The fraction of sp³-hybridized carbons (Fsp3) is 0.0714. The maximum atomic E-state index is 9.44. The Morgan fingerprint density at radius 3 is 2.89 bits per heavy atom. The van der Waals surface area contributed by atoms with Crippen LogP contribution in [0.1, 0.15) is 5.56 Å². The number of aromatic amines is 1. The Morgan fingerprint density at radius 2 is 2.06 bits per heavy atom. The van der Waals surface area contributed by atoms with Crippen molar-refractivity contribution < 1.29 is 5.11 Å². The zero-order chi connectivity index (χ0) is 12.7. The van der Waals surface area contributed by atoms with Gasteiger partial charge in [-0.05, 0) is 30.7 Å². The summed E-state index contributed by atoms with van der Waals surface area (Å²) in [6.45, 7) is 1.97. The van der Waals surface area contributed by atoms with Gasteiger partial charge in [0.25, 0.3) is 0 Å². The van der Waals surface area contributed by atoms with Crippen LogP contribution in [0.2, 0.25) is 0 Å². The standard InChI is InChI=1S/C14H13N3O/c1-8-10(3-2-4-11(8)15)14-16-12-6-5-9(18)7-13(12)17-14/h2-7,18H,15H2,1H3,(H,16,17). The molecule has 0 aliphatic carbocycles. The first-order valence-corrected chi connectivity index (χ1v) is 5.69. The molecule has 0 spiro atoms. The molecule has 0 bridgehead atoms. The zero-order valence-corrected chi connectivity index (χ0v) is 9.94. The van der Waals surface area contributed by atoms with Crippen molar-refractivity contribution >= 4 is 16.7 Å². The predicted octanol–water partition coefficient (Wildman–Crippen LogP) is 2.83. The van der Waals surface area contributed by atoms with Gasteiger partial charge < -0.3 is 15.8 Å². The Hall–Kier alpha value is -2.49. The number of phenols is 1. The van der Waals surface area contributed by atoms with Crippen molar-refractivity contribution in [2.45, 2.75) is 6.92 Å². The maximum absolute atomic E-state index is 9.44. The molecule has 4 N–H and O–H groups in total. The minimum atomic E-state index is 0.224. The average molecular weight is 239 g/mol. The minimum absolute atomic E-state index is 0.224. The SMILES string of the molecule is Cc1c(N)cccc1-c1nc2ccc(O)cc2[nH]1. The highest BCUT2D eigenvalue weighted by molar-refractivity contribution is 5.82. The lowest BCUT2D eigenvalue weighted by Gasteiger charge is -2.04. The second-order valence-corrected chi connectivity index (χ2v) is 4.31. The van der Waals surface area contributed by atoms with E-state index in [1.807, 2.05) is 25.1 Å². The summed E-state index contributed by atoms with van der Waals surface area (Å²) in [4.78, 5) is 7.70. The number of H-pyrrole nitrogens is 1. The Labute approximate surface area is 104 Å². The van der Waals surface area contributed by atoms with Gasteiger partial charge in [-0.3, -0.25) is 0 Å². The largest absolute Gasteiger partial charge is 0.508 e. The number of fused-ring (bicyclic) bond motifs is 1. The van der Waals surface area contributed by atoms with E-state index in [0.29, 0.717) is 0 Å². The summed E-state index contributed by atoms with van der Waals surface area (Å²) in [5.74, 6) is 0.988. The number of benzene rings is 2. The highest BCUT2D eigenvalue weighted by atomic mass is 16.3. The Balaban J connectivity index is 2.22. The van der Waals surface area contributed by atoms with Gasteiger partial charge in [0.2, 0.25) is 0 Å². The molecular weight excluding hydrogens is 226 g/mol. The molecule has 3 rings (SSSR count). The van der Waals surface area contributed by atoms with Crippen molar-refractivity contribution in [2.75, 3.05) is 5.73 Å². The average Bonchev–Trinajstić information content (AvgIpc) is 2.75. The molecule has 0 aliphatic rings. The van der Waals surface area contributed by atoms with Gasteiger partial charge in [-0.1, -0.05) is 12.1 Å². The number of rotatable bonds is 1. The summed E-state index contributed by atoms with van der Waals surface area (Å²) < 4.78 is 0. The number of phenolic OH excluding ortho intramolecular Hbond substituents is 1. The number of hydrogen-bond acceptors (Lipinski definition) is 3. The summed E-state index contributed by atoms with van der Waals surface area (Å²) in [5.41, 5.74) is 10.3. The molecule has 3 aromatic rings. The highest BCUT2D eigenvalue weighted by Gasteiger charge is 2.09. The Bertz CT molecular complexity index is 731. The Morgan fingerprint density at radius 1 is 1.22 bits per heavy atom. The smallest absolute Gasteiger partial charge is 0.138 e. The molecule has 0 saturated heterocycles. The molecule has 0 amide bonds. The first kappa shape index (κ1) is 10.7. The van der Waals surface area contributed by atoms with Gasteiger partial charge in [-0.15, -0.1) is 0 Å². The van der Waals surface area contributed by atoms with Crippen molar-refractivity contribution in [3.8, 4) is 17.1 Å². The van der Waals surface area contributed by atoms with Crippen molar-refractivity contribution in [1.82, 2.24) is 9.97 Å². The van der Waals surface area contributed by atoms with Crippen LogP contribution in [0.4, 0.5) is 5.69 Å². The third-order valence-corrected chi connectivity index (χ3v) is 3.10. The van der Waals surface area contributed by atoms with Crippen LogP contribution in [0.15, 0.2) is 36.4 Å². The lowest BCUT2D eigenvalue weighted by molar-refractivity contribution is 0.476. The van der Waals surface area contributed by atoms with Gasteiger partial charge in [0.05, 0.1) is 11.0 Å². The van der Waals surface area contributed by atoms with Gasteiger partial charge in [-0.2, -0.15) is 0 Å². The second kappa shape index (κ2) is 3.77. The van der Waals surface area contributed by atoms with E-state index in [1.165, 1.54) is 0 Å². The summed E-state index contributed by atoms with van der Waals surface area (Å²) in [5, 5.41) is 9.44. The summed E-state index contributed by atoms with van der Waals surface area (Å²) >= 11 is 0. The topological polar surface area (TPSA) is 74.9 Å². The monoisotopic (exact) mass is 239 g/mol. The highest BCUT2D eigenvalue weighted by Crippen LogP contribution is 2.27. The molecule has 2 aromatic carbocycles. The third-order valence-electron chi connectivity index (χ3n) is 3.10. The van der Waals surface area contributed by atoms with Gasteiger partial charge in [0, 0.05) is 17.3 Å². The van der Waals surface area contributed by atoms with Gasteiger partial charge in [0.15, 0.2) is 0 Å². The molecule has 0 aliphatic heterocycles. The molecule has 1 heterocycles. The van der Waals surface area contributed by atoms with E-state index < -0.39 is 0 Å². The molecule has 0 atom stereocenters. The first-order chi connectivity index (χ1) is 8.65. The number of aromatic hydroxyl groups is 1. The fourth-order valence-corrected chi connectivity index (χ4v) is 2.04. The van der Waals surface area contributed by atoms with Crippen molar-refractivity contribution in [2.24, 2.45) is 0 Å². The maximum Gasteiger partial charge on any atom is 0.138 e. The van der Waals surface area contributed by atoms with Crippen LogP contribution in [0.3, 0.4) is 0 Å². The summed E-state index contributed by atoms with van der Waals surface area (Å²) in [6.07, 6.45) is 0. The molecule has 0 unspecified atom stereocenters. The van der Waals surface area contributed by atoms with Gasteiger partial charge in [-0.25, -0.2) is 4.98 Å². The second-order valence-electron chi connectivity index (χ2n) is 4.31. The third kappa shape index (κ3) is 1.59. The lowest BCUT2D eigenvalue weighted by Crippen LogP contribution is -1.92. The lowest BCUT2D eigenvalue weighted by atomic mass is 10.1. The molecule has 0 saturated carbocycles. The minimum Gasteiger partial charge on any atom is -0.508 e. The quantitative estimate of drug-likeness (QED) is 0.571. The van der Waals surface area contributed by atoms with Gasteiger partial charge >= 0.3 is 0 Å². The first-order valence-electron chi connectivity index (χ1n) is 5.69. The number of nitrogen functional groups attached to an aromatic ring is 1. The number of aromatic nitrogens is 2. The molecule has 4 nitrogen and oxygen atoms in total. The van der Waals surface area contributed by atoms with Crippen LogP contribution in [0.25, 0.3) is 22.4 Å². The molecule has 0 fully saturated rings. The molecule has 0 radical (unpaired) electrons. The van der Waals surface area contributed by atoms with E-state index in [4.69, 9.17) is 5.73 Å². The number of hydrogen-bond donors (Lipinski definition) is 3. The molecule has 90 valence electrons. The van der Waals surface area contributed by atoms with Crippen LogP contribution in [0, 0.1) is 6.92 Å². The van der Waals surface area contributed by atoms with E-state index in [2.05, 4.69) is 9.97 Å². The van der Waals surface area contributed by atoms with E-state index >= 15 is 0 Å². The van der Waals surface area contributed by atoms with Crippen molar-refractivity contribution in [1.29, 1.82) is 0 Å². The van der Waals surface area contributed by atoms with E-state index in [0.717, 1.165) is 33.7 Å². The van der Waals surface area contributed by atoms with Crippen molar-refractivity contribution in [3.05, 3.63) is 42.0 Å². The molecule has 1 aromatic heterocycles. The van der Waals surface area contributed by atoms with Crippen LogP contribution >= 0.6 is 0 Å². The van der Waals surface area contributed by atoms with E-state index in [-0.39, 0.29) is 5.75 Å². The van der Waals surface area contributed by atoms with Gasteiger partial charge in [0.1, 0.15) is 11.6 Å². The number of nitrogens with two attached hydrogens (primary N) is 1. The molecule has 4 heteroatoms. The zero-order valence-electron chi connectivity index (χ0n) is 9.94. The Kier molecular flexibility index (Phi) is 2.23. The number of nitrogens with zero attached hydrogens (tertiary/aromatic N) is 1. The predicted molar refractivity (Wildman–Crippen MR) is 72.3 cm³/mol. The van der Waals surface area contributed by atoms with Crippen molar-refractivity contribution in [3.63, 3.8) is 0 Å². The van der Waals surface area contributed by atoms with E-state index in [9.17, 15) is 5.11 Å². The van der Waals surface area contributed by atoms with E-state index in [1.54, 1.807) is 18.2 Å². The fourth-order valence-electron chi connectivity index (χ4n) is 2.04. The van der Waals surface area contributed by atoms with Crippen LogP contribution in [-0.2, 0) is 0 Å². The van der Waals surface area contributed by atoms with Crippen LogP contribution < -0.4 is 5.73 Å². The summed E-state index contributed by atoms with van der Waals surface area (Å²) in [6, 6.07) is 10.8. The normalized spacial score (nSPS) is 10.9. The van der Waals surface area contributed by atoms with Crippen LogP contribution in [0.5, 0.6) is 5.75 Å². The molecular formula is C14H13N3O. The number of nitrogens with one attached hydrogen (secondary N) is 1. The molecule has 18 heavy (non-hydrogen) atoms. The number of imidazole rings is 1. The van der Waals surface area contributed by atoms with Crippen LogP contribution in [-0.4, -0.2) is 15.1 Å².